The zero-order valence-electron chi connectivity index (χ0n) is 23.6. The van der Waals surface area contributed by atoms with Crippen molar-refractivity contribution < 1.29 is 36.7 Å². The molecule has 41 heavy (non-hydrogen) atoms. The van der Waals surface area contributed by atoms with Crippen molar-refractivity contribution in [2.75, 3.05) is 12.4 Å². The lowest BCUT2D eigenvalue weighted by Crippen LogP contribution is -2.62. The molecule has 222 valence electrons. The SMILES string of the molecule is CCC(C)COC1OC(CS(=O)(=O)O)C(OCc2ccccc2)C(OCc2ccccc2)C1OCc1ccccc1. The molecular formula is C32H40O8S. The van der Waals surface area contributed by atoms with E-state index in [-0.39, 0.29) is 25.7 Å². The highest BCUT2D eigenvalue weighted by Gasteiger charge is 2.50. The molecule has 0 saturated carbocycles. The largest absolute Gasteiger partial charge is 0.368 e. The smallest absolute Gasteiger partial charge is 0.267 e. The van der Waals surface area contributed by atoms with Crippen LogP contribution in [-0.2, 0) is 53.6 Å². The van der Waals surface area contributed by atoms with Crippen molar-refractivity contribution in [1.29, 1.82) is 0 Å². The van der Waals surface area contributed by atoms with Crippen LogP contribution in [0.3, 0.4) is 0 Å². The van der Waals surface area contributed by atoms with Gasteiger partial charge in [-0.25, -0.2) is 0 Å². The second kappa shape index (κ2) is 15.6. The molecule has 1 aliphatic heterocycles. The van der Waals surface area contributed by atoms with Crippen molar-refractivity contribution in [2.24, 2.45) is 5.92 Å². The number of benzene rings is 3. The summed E-state index contributed by atoms with van der Waals surface area (Å²) < 4.78 is 65.8. The number of ether oxygens (including phenoxy) is 5. The first kappa shape index (κ1) is 31.3. The van der Waals surface area contributed by atoms with E-state index in [0.29, 0.717) is 6.61 Å². The fraction of sp³-hybridized carbons (Fsp3) is 0.438. The summed E-state index contributed by atoms with van der Waals surface area (Å²) in [5, 5.41) is 0. The lowest BCUT2D eigenvalue weighted by atomic mass is 9.98. The van der Waals surface area contributed by atoms with Gasteiger partial charge in [-0.2, -0.15) is 8.42 Å². The van der Waals surface area contributed by atoms with Crippen LogP contribution in [0.1, 0.15) is 37.0 Å². The Balaban J connectivity index is 1.67. The van der Waals surface area contributed by atoms with Gasteiger partial charge in [0.2, 0.25) is 0 Å². The Bertz CT molecular complexity index is 1260. The van der Waals surface area contributed by atoms with Gasteiger partial charge in [0.25, 0.3) is 10.1 Å². The first-order valence-corrected chi connectivity index (χ1v) is 15.6. The van der Waals surface area contributed by atoms with Crippen molar-refractivity contribution in [3.8, 4) is 0 Å². The van der Waals surface area contributed by atoms with Crippen LogP contribution in [0.15, 0.2) is 91.0 Å². The Labute approximate surface area is 243 Å². The maximum absolute atomic E-state index is 12.1. The number of rotatable bonds is 15. The summed E-state index contributed by atoms with van der Waals surface area (Å²) in [6, 6.07) is 29.0. The highest BCUT2D eigenvalue weighted by atomic mass is 32.2. The molecule has 1 N–H and O–H groups in total. The fourth-order valence-electron chi connectivity index (χ4n) is 4.60. The second-order valence-electron chi connectivity index (χ2n) is 10.4. The molecular weight excluding hydrogens is 544 g/mol. The lowest BCUT2D eigenvalue weighted by molar-refractivity contribution is -0.321. The first-order chi connectivity index (χ1) is 19.8. The van der Waals surface area contributed by atoms with Gasteiger partial charge in [0, 0.05) is 0 Å². The third-order valence-electron chi connectivity index (χ3n) is 7.06. The monoisotopic (exact) mass is 584 g/mol. The summed E-state index contributed by atoms with van der Waals surface area (Å²) >= 11 is 0. The summed E-state index contributed by atoms with van der Waals surface area (Å²) in [6.45, 7) is 5.20. The average Bonchev–Trinajstić information content (AvgIpc) is 2.98. The van der Waals surface area contributed by atoms with Crippen LogP contribution in [0.5, 0.6) is 0 Å². The maximum Gasteiger partial charge on any atom is 0.267 e. The molecule has 0 radical (unpaired) electrons. The quantitative estimate of drug-likeness (QED) is 0.237. The molecule has 3 aromatic rings. The Morgan fingerprint density at radius 1 is 0.707 bits per heavy atom. The van der Waals surface area contributed by atoms with Crippen LogP contribution >= 0.6 is 0 Å². The van der Waals surface area contributed by atoms with E-state index in [9.17, 15) is 13.0 Å². The highest BCUT2D eigenvalue weighted by molar-refractivity contribution is 7.85. The third-order valence-corrected chi connectivity index (χ3v) is 7.81. The molecule has 0 spiro atoms. The Morgan fingerprint density at radius 3 is 1.59 bits per heavy atom. The van der Waals surface area contributed by atoms with Crippen LogP contribution in [0.4, 0.5) is 0 Å². The van der Waals surface area contributed by atoms with Crippen LogP contribution in [-0.4, -0.2) is 56.0 Å². The van der Waals surface area contributed by atoms with Crippen molar-refractivity contribution in [3.63, 3.8) is 0 Å². The van der Waals surface area contributed by atoms with Crippen LogP contribution in [0, 0.1) is 5.92 Å². The maximum atomic E-state index is 12.1. The summed E-state index contributed by atoms with van der Waals surface area (Å²) in [7, 11) is -4.42. The lowest BCUT2D eigenvalue weighted by Gasteiger charge is -2.45. The molecule has 1 saturated heterocycles. The zero-order chi connectivity index (χ0) is 29.1. The molecule has 9 heteroatoms. The topological polar surface area (TPSA) is 101 Å². The molecule has 0 aromatic heterocycles. The van der Waals surface area contributed by atoms with E-state index in [2.05, 4.69) is 13.8 Å². The Hall–Kier alpha value is -2.63. The number of hydrogen-bond donors (Lipinski definition) is 1. The standard InChI is InChI=1S/C32H40O8S/c1-3-24(2)19-39-32-31(38-22-27-17-11-6-12-18-27)30(37-21-26-15-9-5-10-16-26)29(28(40-32)23-41(33,34)35)36-20-25-13-7-4-8-14-25/h4-18,24,28-32H,3,19-23H2,1-2H3,(H,33,34,35). The van der Waals surface area contributed by atoms with E-state index in [1.807, 2.05) is 91.0 Å². The van der Waals surface area contributed by atoms with Gasteiger partial charge < -0.3 is 23.7 Å². The number of hydrogen-bond acceptors (Lipinski definition) is 7. The summed E-state index contributed by atoms with van der Waals surface area (Å²) in [6.07, 6.45) is -3.52. The van der Waals surface area contributed by atoms with Crippen molar-refractivity contribution in [3.05, 3.63) is 108 Å². The zero-order valence-corrected chi connectivity index (χ0v) is 24.4. The fourth-order valence-corrected chi connectivity index (χ4v) is 5.28. The third kappa shape index (κ3) is 10.0. The normalized spacial score (nSPS) is 23.7. The highest BCUT2D eigenvalue weighted by Crippen LogP contribution is 2.32. The van der Waals surface area contributed by atoms with E-state index in [0.717, 1.165) is 23.1 Å². The minimum atomic E-state index is -4.42. The predicted molar refractivity (Wildman–Crippen MR) is 156 cm³/mol. The van der Waals surface area contributed by atoms with E-state index in [1.165, 1.54) is 0 Å². The van der Waals surface area contributed by atoms with E-state index < -0.39 is 46.6 Å². The summed E-state index contributed by atoms with van der Waals surface area (Å²) in [5.74, 6) is -0.434. The molecule has 8 nitrogen and oxygen atoms in total. The van der Waals surface area contributed by atoms with Crippen molar-refractivity contribution in [2.45, 2.75) is 70.8 Å². The van der Waals surface area contributed by atoms with Gasteiger partial charge in [-0.05, 0) is 22.6 Å². The van der Waals surface area contributed by atoms with E-state index in [4.69, 9.17) is 23.7 Å². The Kier molecular flexibility index (Phi) is 11.9. The molecule has 3 aromatic carbocycles. The molecule has 0 aliphatic carbocycles. The first-order valence-electron chi connectivity index (χ1n) is 14.0. The Morgan fingerprint density at radius 2 is 1.15 bits per heavy atom. The molecule has 1 aliphatic rings. The second-order valence-corrected chi connectivity index (χ2v) is 11.9. The van der Waals surface area contributed by atoms with Gasteiger partial charge in [0.1, 0.15) is 30.2 Å². The van der Waals surface area contributed by atoms with Crippen LogP contribution in [0.2, 0.25) is 0 Å². The molecule has 4 rings (SSSR count). The molecule has 6 atom stereocenters. The average molecular weight is 585 g/mol. The van der Waals surface area contributed by atoms with E-state index in [1.54, 1.807) is 0 Å². The van der Waals surface area contributed by atoms with Crippen molar-refractivity contribution in [1.82, 2.24) is 0 Å². The minimum Gasteiger partial charge on any atom is -0.368 e. The van der Waals surface area contributed by atoms with Crippen molar-refractivity contribution >= 4 is 10.1 Å². The van der Waals surface area contributed by atoms with Gasteiger partial charge in [-0.15, -0.1) is 0 Å². The minimum absolute atomic E-state index is 0.186. The summed E-state index contributed by atoms with van der Waals surface area (Å²) in [5.41, 5.74) is 2.79. The van der Waals surface area contributed by atoms with Crippen LogP contribution < -0.4 is 0 Å². The predicted octanol–water partition coefficient (Wildman–Crippen LogP) is 5.42. The van der Waals surface area contributed by atoms with E-state index >= 15 is 0 Å². The molecule has 6 unspecified atom stereocenters. The van der Waals surface area contributed by atoms with Crippen LogP contribution in [0.25, 0.3) is 0 Å². The van der Waals surface area contributed by atoms with Gasteiger partial charge in [-0.1, -0.05) is 111 Å². The molecule has 1 heterocycles. The summed E-state index contributed by atoms with van der Waals surface area (Å²) in [4.78, 5) is 0. The van der Waals surface area contributed by atoms with Gasteiger partial charge in [0.05, 0.1) is 26.4 Å². The van der Waals surface area contributed by atoms with Gasteiger partial charge in [-0.3, -0.25) is 4.55 Å². The molecule has 0 bridgehead atoms. The molecule has 0 amide bonds. The van der Waals surface area contributed by atoms with Gasteiger partial charge >= 0.3 is 0 Å². The molecule has 1 fully saturated rings. The van der Waals surface area contributed by atoms with Gasteiger partial charge in [0.15, 0.2) is 6.29 Å².